The van der Waals surface area contributed by atoms with E-state index in [9.17, 15) is 4.79 Å². The summed E-state index contributed by atoms with van der Waals surface area (Å²) in [6.45, 7) is 0.533. The van der Waals surface area contributed by atoms with Gasteiger partial charge in [0.1, 0.15) is 10.7 Å². The average molecular weight is 310 g/mol. The van der Waals surface area contributed by atoms with Crippen molar-refractivity contribution in [2.75, 3.05) is 24.7 Å². The smallest absolute Gasteiger partial charge is 0.265 e. The Balaban J connectivity index is 1.58. The molecular weight excluding hydrogens is 288 g/mol. The van der Waals surface area contributed by atoms with Gasteiger partial charge in [-0.25, -0.2) is 4.98 Å². The lowest BCUT2D eigenvalue weighted by molar-refractivity contribution is -0.0679. The Labute approximate surface area is 128 Å². The van der Waals surface area contributed by atoms with Gasteiger partial charge < -0.3 is 21.1 Å². The normalized spacial score (nSPS) is 20.4. The molecule has 1 heterocycles. The Bertz CT molecular complexity index is 518. The highest BCUT2D eigenvalue weighted by Gasteiger charge is 2.37. The Morgan fingerprint density at radius 1 is 1.48 bits per heavy atom. The molecule has 0 bridgehead atoms. The molecule has 2 aliphatic rings. The Morgan fingerprint density at radius 3 is 2.76 bits per heavy atom. The van der Waals surface area contributed by atoms with E-state index in [1.807, 2.05) is 0 Å². The van der Waals surface area contributed by atoms with Crippen molar-refractivity contribution in [2.24, 2.45) is 0 Å². The molecule has 21 heavy (non-hydrogen) atoms. The van der Waals surface area contributed by atoms with Crippen LogP contribution in [0.4, 0.5) is 10.9 Å². The summed E-state index contributed by atoms with van der Waals surface area (Å²) in [5.41, 5.74) is 5.68. The minimum absolute atomic E-state index is 0.157. The first kappa shape index (κ1) is 14.6. The zero-order chi connectivity index (χ0) is 14.9. The summed E-state index contributed by atoms with van der Waals surface area (Å²) in [6, 6.07) is 0.484. The molecule has 0 radical (unpaired) electrons. The van der Waals surface area contributed by atoms with Crippen LogP contribution in [0.25, 0.3) is 0 Å². The van der Waals surface area contributed by atoms with Crippen LogP contribution in [0.15, 0.2) is 0 Å². The summed E-state index contributed by atoms with van der Waals surface area (Å²) >= 11 is 1.33. The van der Waals surface area contributed by atoms with Gasteiger partial charge in [0.05, 0.1) is 5.60 Å². The first-order chi connectivity index (χ1) is 10.1. The van der Waals surface area contributed by atoms with E-state index in [1.54, 1.807) is 7.11 Å². The third-order valence-corrected chi connectivity index (χ3v) is 5.56. The maximum atomic E-state index is 12.2. The average Bonchev–Trinajstić information content (AvgIpc) is 2.74. The first-order valence-corrected chi connectivity index (χ1v) is 8.30. The molecule has 3 rings (SSSR count). The number of ether oxygens (including phenoxy) is 1. The predicted octanol–water partition coefficient (Wildman–Crippen LogP) is 1.99. The Morgan fingerprint density at radius 2 is 2.24 bits per heavy atom. The highest BCUT2D eigenvalue weighted by molar-refractivity contribution is 7.18. The molecule has 0 spiro atoms. The van der Waals surface area contributed by atoms with Crippen molar-refractivity contribution in [3.05, 3.63) is 4.88 Å². The second kappa shape index (κ2) is 5.81. The first-order valence-electron chi connectivity index (χ1n) is 7.48. The third kappa shape index (κ3) is 2.98. The van der Waals surface area contributed by atoms with E-state index in [4.69, 9.17) is 10.5 Å². The van der Waals surface area contributed by atoms with E-state index >= 15 is 0 Å². The van der Waals surface area contributed by atoms with E-state index in [1.165, 1.54) is 17.8 Å². The van der Waals surface area contributed by atoms with Gasteiger partial charge in [0.15, 0.2) is 5.13 Å². The molecule has 0 aliphatic heterocycles. The molecule has 1 amide bonds. The molecule has 1 aromatic heterocycles. The number of nitrogens with one attached hydrogen (secondary N) is 2. The number of hydrogen-bond acceptors (Lipinski definition) is 6. The van der Waals surface area contributed by atoms with Gasteiger partial charge in [-0.15, -0.1) is 0 Å². The lowest BCUT2D eigenvalue weighted by Gasteiger charge is -2.40. The molecule has 0 aromatic carbocycles. The van der Waals surface area contributed by atoms with Crippen LogP contribution in [-0.4, -0.2) is 36.2 Å². The van der Waals surface area contributed by atoms with Crippen LogP contribution in [0.2, 0.25) is 0 Å². The third-order valence-electron chi connectivity index (χ3n) is 4.56. The molecule has 6 nitrogen and oxygen atoms in total. The number of nitrogens with two attached hydrogens (primary N) is 1. The molecular formula is C14H22N4O2S. The van der Waals surface area contributed by atoms with Crippen LogP contribution in [0.1, 0.15) is 48.2 Å². The monoisotopic (exact) mass is 310 g/mol. The van der Waals surface area contributed by atoms with Crippen molar-refractivity contribution >= 4 is 28.2 Å². The van der Waals surface area contributed by atoms with Crippen molar-refractivity contribution in [1.82, 2.24) is 10.3 Å². The Kier molecular flexibility index (Phi) is 4.03. The van der Waals surface area contributed by atoms with Crippen LogP contribution in [-0.2, 0) is 4.74 Å². The highest BCUT2D eigenvalue weighted by atomic mass is 32.1. The van der Waals surface area contributed by atoms with Gasteiger partial charge in [0.25, 0.3) is 5.91 Å². The molecule has 0 unspecified atom stereocenters. The minimum atomic E-state index is -0.178. The van der Waals surface area contributed by atoms with Crippen LogP contribution in [0.5, 0.6) is 0 Å². The molecule has 2 aliphatic carbocycles. The zero-order valence-corrected chi connectivity index (χ0v) is 13.1. The quantitative estimate of drug-likeness (QED) is 0.747. The fourth-order valence-corrected chi connectivity index (χ4v) is 3.51. The summed E-state index contributed by atoms with van der Waals surface area (Å²) in [5.74, 6) is 0.148. The number of anilines is 2. The van der Waals surface area contributed by atoms with Gasteiger partial charge in [0, 0.05) is 19.7 Å². The highest BCUT2D eigenvalue weighted by Crippen LogP contribution is 2.34. The van der Waals surface area contributed by atoms with Gasteiger partial charge in [-0.2, -0.15) is 0 Å². The van der Waals surface area contributed by atoms with Crippen molar-refractivity contribution < 1.29 is 9.53 Å². The summed E-state index contributed by atoms with van der Waals surface area (Å²) in [4.78, 5) is 17.0. The number of thiazole rings is 1. The van der Waals surface area contributed by atoms with Crippen LogP contribution >= 0.6 is 11.3 Å². The summed E-state index contributed by atoms with van der Waals surface area (Å²) in [5, 5.41) is 6.99. The summed E-state index contributed by atoms with van der Waals surface area (Å²) in [7, 11) is 1.70. The number of carbonyl (C=O) groups excluding carboxylic acids is 1. The number of nitrogens with zero attached hydrogens (tertiary/aromatic N) is 1. The molecule has 2 fully saturated rings. The lowest BCUT2D eigenvalue weighted by Crippen LogP contribution is -2.49. The molecule has 1 aromatic rings. The molecule has 4 N–H and O–H groups in total. The topological polar surface area (TPSA) is 89.3 Å². The van der Waals surface area contributed by atoms with Crippen LogP contribution in [0, 0.1) is 0 Å². The standard InChI is InChI=1S/C14H22N4O2S/c1-20-14(6-3-7-14)8-16-12(19)10-11(15)18-13(21-10)17-9-4-2-5-9/h9H,2-8,15H2,1H3,(H,16,19)(H,17,18). The summed E-state index contributed by atoms with van der Waals surface area (Å²) < 4.78 is 5.50. The van der Waals surface area contributed by atoms with Gasteiger partial charge in [-0.1, -0.05) is 11.3 Å². The number of amides is 1. The fourth-order valence-electron chi connectivity index (χ4n) is 2.63. The van der Waals surface area contributed by atoms with Crippen LogP contribution in [0.3, 0.4) is 0 Å². The second-order valence-corrected chi connectivity index (χ2v) is 6.93. The number of aromatic nitrogens is 1. The van der Waals surface area contributed by atoms with E-state index < -0.39 is 0 Å². The molecule has 7 heteroatoms. The van der Waals surface area contributed by atoms with Gasteiger partial charge in [-0.05, 0) is 38.5 Å². The van der Waals surface area contributed by atoms with Gasteiger partial charge in [0.2, 0.25) is 0 Å². The van der Waals surface area contributed by atoms with E-state index in [0.29, 0.717) is 23.3 Å². The number of hydrogen-bond donors (Lipinski definition) is 3. The van der Waals surface area contributed by atoms with E-state index in [0.717, 1.165) is 37.2 Å². The molecule has 2 saturated carbocycles. The molecule has 0 saturated heterocycles. The minimum Gasteiger partial charge on any atom is -0.382 e. The SMILES string of the molecule is COC1(CNC(=O)c2sc(NC3CCC3)nc2N)CCC1. The van der Waals surface area contributed by atoms with Crippen molar-refractivity contribution in [1.29, 1.82) is 0 Å². The number of carbonyl (C=O) groups is 1. The maximum absolute atomic E-state index is 12.2. The molecule has 116 valence electrons. The maximum Gasteiger partial charge on any atom is 0.265 e. The van der Waals surface area contributed by atoms with Crippen molar-refractivity contribution in [3.63, 3.8) is 0 Å². The fraction of sp³-hybridized carbons (Fsp3) is 0.714. The number of nitrogen functional groups attached to an aromatic ring is 1. The Hall–Kier alpha value is -1.34. The predicted molar refractivity (Wildman–Crippen MR) is 83.7 cm³/mol. The van der Waals surface area contributed by atoms with Crippen molar-refractivity contribution in [3.8, 4) is 0 Å². The second-order valence-electron chi connectivity index (χ2n) is 5.93. The summed E-state index contributed by atoms with van der Waals surface area (Å²) in [6.07, 6.45) is 6.73. The van der Waals surface area contributed by atoms with Crippen LogP contribution < -0.4 is 16.4 Å². The van der Waals surface area contributed by atoms with E-state index in [-0.39, 0.29) is 11.5 Å². The lowest BCUT2D eigenvalue weighted by atomic mass is 9.80. The van der Waals surface area contributed by atoms with Gasteiger partial charge in [-0.3, -0.25) is 4.79 Å². The largest absolute Gasteiger partial charge is 0.382 e. The van der Waals surface area contributed by atoms with Gasteiger partial charge >= 0.3 is 0 Å². The number of rotatable bonds is 6. The zero-order valence-electron chi connectivity index (χ0n) is 12.3. The van der Waals surface area contributed by atoms with E-state index in [2.05, 4.69) is 15.6 Å². The van der Waals surface area contributed by atoms with Crippen molar-refractivity contribution in [2.45, 2.75) is 50.2 Å². The number of methoxy groups -OCH3 is 1. The molecule has 0 atom stereocenters.